The average Bonchev–Trinajstić information content (AvgIpc) is 3.19. The minimum Gasteiger partial charge on any atom is -0.462 e. The zero-order valence-electron chi connectivity index (χ0n) is 16.7. The Labute approximate surface area is 172 Å². The maximum atomic E-state index is 12.6. The van der Waals surface area contributed by atoms with E-state index in [1.807, 2.05) is 24.0 Å². The van der Waals surface area contributed by atoms with Crippen LogP contribution in [0, 0.1) is 6.92 Å². The summed E-state index contributed by atoms with van der Waals surface area (Å²) in [5, 5.41) is 0. The lowest BCUT2D eigenvalue weighted by Crippen LogP contribution is -2.49. The number of furan rings is 1. The van der Waals surface area contributed by atoms with Crippen molar-refractivity contribution >= 4 is 12.0 Å². The van der Waals surface area contributed by atoms with Crippen LogP contribution in [0.25, 0.3) is 6.08 Å². The van der Waals surface area contributed by atoms with Crippen LogP contribution in [0.1, 0.15) is 28.7 Å². The van der Waals surface area contributed by atoms with Gasteiger partial charge in [0.1, 0.15) is 11.5 Å². The summed E-state index contributed by atoms with van der Waals surface area (Å²) in [6.07, 6.45) is 3.36. The van der Waals surface area contributed by atoms with Crippen LogP contribution in [0.5, 0.6) is 0 Å². The van der Waals surface area contributed by atoms with E-state index in [2.05, 4.69) is 65.6 Å². The molecule has 4 nitrogen and oxygen atoms in total. The minimum absolute atomic E-state index is 0.0367. The number of carbonyl (C=O) groups is 1. The molecule has 4 heteroatoms. The van der Waals surface area contributed by atoms with Gasteiger partial charge < -0.3 is 9.32 Å². The molecule has 0 saturated carbocycles. The van der Waals surface area contributed by atoms with Crippen molar-refractivity contribution in [3.8, 4) is 0 Å². The van der Waals surface area contributed by atoms with Gasteiger partial charge in [0.2, 0.25) is 5.91 Å². The molecule has 148 valence electrons. The molecular weight excluding hydrogens is 360 g/mol. The summed E-state index contributed by atoms with van der Waals surface area (Å²) < 4.78 is 5.50. The van der Waals surface area contributed by atoms with Gasteiger partial charge in [0.05, 0.1) is 6.04 Å². The summed E-state index contributed by atoms with van der Waals surface area (Å²) in [7, 11) is 0. The molecule has 4 rings (SSSR count). The van der Waals surface area contributed by atoms with E-state index in [1.165, 1.54) is 11.1 Å². The van der Waals surface area contributed by atoms with Gasteiger partial charge in [-0.05, 0) is 36.3 Å². The first-order chi connectivity index (χ1) is 14.2. The van der Waals surface area contributed by atoms with E-state index in [0.717, 1.165) is 31.9 Å². The highest BCUT2D eigenvalue weighted by Crippen LogP contribution is 2.29. The summed E-state index contributed by atoms with van der Waals surface area (Å²) in [4.78, 5) is 17.0. The van der Waals surface area contributed by atoms with Gasteiger partial charge in [0.25, 0.3) is 0 Å². The second-order valence-corrected chi connectivity index (χ2v) is 7.37. The fourth-order valence-electron chi connectivity index (χ4n) is 3.89. The lowest BCUT2D eigenvalue weighted by atomic mass is 9.96. The van der Waals surface area contributed by atoms with Crippen molar-refractivity contribution in [2.24, 2.45) is 0 Å². The van der Waals surface area contributed by atoms with Crippen LogP contribution in [0.15, 0.2) is 83.3 Å². The van der Waals surface area contributed by atoms with Gasteiger partial charge in [-0.15, -0.1) is 0 Å². The third-order valence-electron chi connectivity index (χ3n) is 5.37. The Morgan fingerprint density at radius 3 is 1.97 bits per heavy atom. The minimum atomic E-state index is 0.0367. The van der Waals surface area contributed by atoms with Crippen LogP contribution in [0.2, 0.25) is 0 Å². The lowest BCUT2D eigenvalue weighted by molar-refractivity contribution is -0.127. The first kappa shape index (κ1) is 19.2. The van der Waals surface area contributed by atoms with Gasteiger partial charge in [0, 0.05) is 32.3 Å². The van der Waals surface area contributed by atoms with Gasteiger partial charge in [0.15, 0.2) is 0 Å². The van der Waals surface area contributed by atoms with E-state index in [0.29, 0.717) is 5.76 Å². The van der Waals surface area contributed by atoms with Crippen LogP contribution < -0.4 is 0 Å². The smallest absolute Gasteiger partial charge is 0.246 e. The van der Waals surface area contributed by atoms with E-state index in [4.69, 9.17) is 4.42 Å². The molecule has 2 aromatic carbocycles. The van der Waals surface area contributed by atoms with E-state index < -0.39 is 0 Å². The molecule has 1 amide bonds. The summed E-state index contributed by atoms with van der Waals surface area (Å²) in [5.41, 5.74) is 2.57. The normalized spacial score (nSPS) is 15.3. The van der Waals surface area contributed by atoms with E-state index >= 15 is 0 Å². The number of amides is 1. The van der Waals surface area contributed by atoms with Crippen LogP contribution in [0.3, 0.4) is 0 Å². The first-order valence-electron chi connectivity index (χ1n) is 10.1. The molecule has 2 heterocycles. The molecule has 0 unspecified atom stereocenters. The molecule has 29 heavy (non-hydrogen) atoms. The highest BCUT2D eigenvalue weighted by Gasteiger charge is 2.27. The number of piperazine rings is 1. The Bertz CT molecular complexity index is 915. The van der Waals surface area contributed by atoms with Crippen molar-refractivity contribution in [3.63, 3.8) is 0 Å². The number of aryl methyl sites for hydroxylation is 1. The number of rotatable bonds is 5. The largest absolute Gasteiger partial charge is 0.462 e. The van der Waals surface area contributed by atoms with E-state index in [1.54, 1.807) is 12.2 Å². The number of hydrogen-bond donors (Lipinski definition) is 0. The summed E-state index contributed by atoms with van der Waals surface area (Å²) in [5.74, 6) is 1.59. The highest BCUT2D eigenvalue weighted by atomic mass is 16.3. The molecule has 0 bridgehead atoms. The number of hydrogen-bond acceptors (Lipinski definition) is 3. The summed E-state index contributed by atoms with van der Waals surface area (Å²) >= 11 is 0. The predicted molar refractivity (Wildman–Crippen MR) is 115 cm³/mol. The maximum Gasteiger partial charge on any atom is 0.246 e. The van der Waals surface area contributed by atoms with Crippen molar-refractivity contribution in [1.82, 2.24) is 9.80 Å². The molecule has 0 spiro atoms. The Hall–Kier alpha value is -3.11. The zero-order chi connectivity index (χ0) is 20.1. The van der Waals surface area contributed by atoms with E-state index in [9.17, 15) is 4.79 Å². The number of benzene rings is 2. The van der Waals surface area contributed by atoms with Gasteiger partial charge in [-0.2, -0.15) is 0 Å². The van der Waals surface area contributed by atoms with Crippen molar-refractivity contribution in [2.75, 3.05) is 26.2 Å². The molecule has 1 fully saturated rings. The van der Waals surface area contributed by atoms with Crippen LogP contribution in [0.4, 0.5) is 0 Å². The molecule has 0 radical (unpaired) electrons. The van der Waals surface area contributed by atoms with Crippen molar-refractivity contribution in [2.45, 2.75) is 13.0 Å². The Kier molecular flexibility index (Phi) is 5.92. The Balaban J connectivity index is 1.44. The third kappa shape index (κ3) is 4.66. The van der Waals surface area contributed by atoms with Crippen molar-refractivity contribution in [3.05, 3.63) is 102 Å². The topological polar surface area (TPSA) is 36.7 Å². The number of carbonyl (C=O) groups excluding carboxylic acids is 1. The quantitative estimate of drug-likeness (QED) is 0.604. The monoisotopic (exact) mass is 386 g/mol. The van der Waals surface area contributed by atoms with Gasteiger partial charge in [-0.3, -0.25) is 9.69 Å². The Morgan fingerprint density at radius 2 is 1.45 bits per heavy atom. The van der Waals surface area contributed by atoms with Crippen LogP contribution in [-0.4, -0.2) is 41.9 Å². The van der Waals surface area contributed by atoms with Crippen LogP contribution >= 0.6 is 0 Å². The SMILES string of the molecule is Cc1ccc(C=CC(=O)N2CCN(C(c3ccccc3)c3ccccc3)CC2)o1. The fraction of sp³-hybridized carbons (Fsp3) is 0.240. The molecule has 0 aliphatic carbocycles. The maximum absolute atomic E-state index is 12.6. The molecule has 0 N–H and O–H groups in total. The summed E-state index contributed by atoms with van der Waals surface area (Å²) in [6, 6.07) is 25.2. The van der Waals surface area contributed by atoms with Crippen molar-refractivity contribution < 1.29 is 9.21 Å². The first-order valence-corrected chi connectivity index (χ1v) is 10.1. The molecule has 1 aromatic heterocycles. The van der Waals surface area contributed by atoms with Crippen molar-refractivity contribution in [1.29, 1.82) is 0 Å². The standard InChI is InChI=1S/C25H26N2O2/c1-20-12-13-23(29-20)14-15-24(28)26-16-18-27(19-17-26)25(21-8-4-2-5-9-21)22-10-6-3-7-11-22/h2-15,25H,16-19H2,1H3. The number of nitrogens with zero attached hydrogens (tertiary/aromatic N) is 2. The second kappa shape index (κ2) is 8.93. The second-order valence-electron chi connectivity index (χ2n) is 7.37. The summed E-state index contributed by atoms with van der Waals surface area (Å²) in [6.45, 7) is 5.02. The van der Waals surface area contributed by atoms with Crippen LogP contribution in [-0.2, 0) is 4.79 Å². The molecule has 0 atom stereocenters. The molecule has 1 aliphatic heterocycles. The van der Waals surface area contributed by atoms with Gasteiger partial charge >= 0.3 is 0 Å². The van der Waals surface area contributed by atoms with E-state index in [-0.39, 0.29) is 11.9 Å². The third-order valence-corrected chi connectivity index (χ3v) is 5.37. The molecule has 1 saturated heterocycles. The van der Waals surface area contributed by atoms with Gasteiger partial charge in [-0.1, -0.05) is 60.7 Å². The van der Waals surface area contributed by atoms with Gasteiger partial charge in [-0.25, -0.2) is 0 Å². The molecular formula is C25H26N2O2. The molecule has 1 aliphatic rings. The molecule has 3 aromatic rings. The predicted octanol–water partition coefficient (Wildman–Crippen LogP) is 4.54. The zero-order valence-corrected chi connectivity index (χ0v) is 16.7. The average molecular weight is 386 g/mol. The highest BCUT2D eigenvalue weighted by molar-refractivity contribution is 5.91. The Morgan fingerprint density at radius 1 is 0.862 bits per heavy atom. The fourth-order valence-corrected chi connectivity index (χ4v) is 3.89. The lowest BCUT2D eigenvalue weighted by Gasteiger charge is -2.39.